The molecule has 28 heavy (non-hydrogen) atoms. The number of ether oxygens (including phenoxy) is 1. The van der Waals surface area contributed by atoms with E-state index in [0.29, 0.717) is 34.6 Å². The summed E-state index contributed by atoms with van der Waals surface area (Å²) in [7, 11) is 1.84. The maximum atomic E-state index is 12.7. The molecule has 0 spiro atoms. The predicted molar refractivity (Wildman–Crippen MR) is 105 cm³/mol. The minimum atomic E-state index is -0.444. The van der Waals surface area contributed by atoms with Crippen LogP contribution in [0.4, 0.5) is 11.4 Å². The summed E-state index contributed by atoms with van der Waals surface area (Å²) >= 11 is 0. The zero-order chi connectivity index (χ0) is 19.7. The Balaban J connectivity index is 1.56. The number of hydrogen-bond donors (Lipinski definition) is 1. The molecule has 6 nitrogen and oxygen atoms in total. The quantitative estimate of drug-likeness (QED) is 0.538. The molecule has 0 unspecified atom stereocenters. The molecule has 0 aliphatic carbocycles. The molecule has 1 N–H and O–H groups in total. The molecule has 1 aliphatic heterocycles. The summed E-state index contributed by atoms with van der Waals surface area (Å²) in [6.45, 7) is 0. The van der Waals surface area contributed by atoms with Gasteiger partial charge < -0.3 is 10.1 Å². The van der Waals surface area contributed by atoms with Gasteiger partial charge in [0.05, 0.1) is 16.8 Å². The summed E-state index contributed by atoms with van der Waals surface area (Å²) in [6, 6.07) is 18.6. The standard InChI is InChI=1S/C22H16N2O4/c1-23-15-3-7-17(8-4-15)28-18-9-5-16(6-10-18)24-21(26)19-11-2-14(13-25)12-20(19)22(24)27/h2-13,23H,1H3. The number of aldehydes is 1. The summed E-state index contributed by atoms with van der Waals surface area (Å²) in [5, 5.41) is 3.04. The second kappa shape index (κ2) is 7.00. The number of nitrogens with one attached hydrogen (secondary N) is 1. The lowest BCUT2D eigenvalue weighted by Crippen LogP contribution is -2.29. The minimum Gasteiger partial charge on any atom is -0.457 e. The second-order valence-electron chi connectivity index (χ2n) is 6.24. The molecular formula is C22H16N2O4. The van der Waals surface area contributed by atoms with Crippen LogP contribution in [0.25, 0.3) is 0 Å². The van der Waals surface area contributed by atoms with Gasteiger partial charge in [-0.1, -0.05) is 6.07 Å². The highest BCUT2D eigenvalue weighted by Crippen LogP contribution is 2.31. The van der Waals surface area contributed by atoms with E-state index in [1.165, 1.54) is 18.2 Å². The summed E-state index contributed by atoms with van der Waals surface area (Å²) in [6.07, 6.45) is 0.649. The monoisotopic (exact) mass is 372 g/mol. The normalized spacial score (nSPS) is 12.7. The van der Waals surface area contributed by atoms with Gasteiger partial charge in [-0.15, -0.1) is 0 Å². The predicted octanol–water partition coefficient (Wildman–Crippen LogP) is 4.13. The summed E-state index contributed by atoms with van der Waals surface area (Å²) in [5.74, 6) is 0.406. The lowest BCUT2D eigenvalue weighted by Gasteiger charge is -2.14. The van der Waals surface area contributed by atoms with Crippen molar-refractivity contribution >= 4 is 29.5 Å². The second-order valence-corrected chi connectivity index (χ2v) is 6.24. The van der Waals surface area contributed by atoms with E-state index < -0.39 is 11.8 Å². The van der Waals surface area contributed by atoms with Crippen molar-refractivity contribution in [3.63, 3.8) is 0 Å². The number of fused-ring (bicyclic) bond motifs is 1. The zero-order valence-corrected chi connectivity index (χ0v) is 15.0. The molecule has 0 fully saturated rings. The van der Waals surface area contributed by atoms with E-state index in [4.69, 9.17) is 4.74 Å². The van der Waals surface area contributed by atoms with Gasteiger partial charge in [-0.2, -0.15) is 0 Å². The van der Waals surface area contributed by atoms with Crippen LogP contribution in [0.3, 0.4) is 0 Å². The number of imide groups is 1. The van der Waals surface area contributed by atoms with E-state index in [1.54, 1.807) is 24.3 Å². The Morgan fingerprint density at radius 2 is 1.43 bits per heavy atom. The van der Waals surface area contributed by atoms with Crippen molar-refractivity contribution in [3.05, 3.63) is 83.4 Å². The van der Waals surface area contributed by atoms with E-state index in [0.717, 1.165) is 10.6 Å². The topological polar surface area (TPSA) is 75.7 Å². The maximum Gasteiger partial charge on any atom is 0.266 e. The summed E-state index contributed by atoms with van der Waals surface area (Å²) < 4.78 is 5.79. The van der Waals surface area contributed by atoms with Crippen molar-refractivity contribution in [2.45, 2.75) is 0 Å². The number of anilines is 2. The van der Waals surface area contributed by atoms with E-state index in [2.05, 4.69) is 5.32 Å². The Hall–Kier alpha value is -3.93. The number of benzene rings is 3. The van der Waals surface area contributed by atoms with Crippen molar-refractivity contribution in [3.8, 4) is 11.5 Å². The Labute approximate surface area is 161 Å². The molecule has 4 rings (SSSR count). The van der Waals surface area contributed by atoms with Crippen LogP contribution in [-0.4, -0.2) is 25.1 Å². The highest BCUT2D eigenvalue weighted by molar-refractivity contribution is 6.34. The molecule has 0 radical (unpaired) electrons. The number of rotatable bonds is 5. The fourth-order valence-electron chi connectivity index (χ4n) is 3.06. The number of carbonyl (C=O) groups excluding carboxylic acids is 3. The third kappa shape index (κ3) is 3.01. The number of amides is 2. The number of nitrogens with zero attached hydrogens (tertiary/aromatic N) is 1. The van der Waals surface area contributed by atoms with Crippen LogP contribution in [0, 0.1) is 0 Å². The molecule has 0 aromatic heterocycles. The highest BCUT2D eigenvalue weighted by atomic mass is 16.5. The maximum absolute atomic E-state index is 12.7. The van der Waals surface area contributed by atoms with Gasteiger partial charge in [0.15, 0.2) is 0 Å². The molecule has 2 amide bonds. The lowest BCUT2D eigenvalue weighted by molar-refractivity contribution is 0.0925. The number of hydrogen-bond acceptors (Lipinski definition) is 5. The molecule has 0 saturated heterocycles. The number of carbonyl (C=O) groups is 3. The first-order valence-corrected chi connectivity index (χ1v) is 8.64. The molecule has 1 aliphatic rings. The molecule has 138 valence electrons. The van der Waals surface area contributed by atoms with E-state index in [1.807, 2.05) is 31.3 Å². The first-order chi connectivity index (χ1) is 13.6. The van der Waals surface area contributed by atoms with E-state index in [-0.39, 0.29) is 5.56 Å². The third-order valence-electron chi connectivity index (χ3n) is 4.52. The molecular weight excluding hydrogens is 356 g/mol. The van der Waals surface area contributed by atoms with Gasteiger partial charge in [-0.3, -0.25) is 14.4 Å². The van der Waals surface area contributed by atoms with Crippen LogP contribution in [0.1, 0.15) is 31.1 Å². The average molecular weight is 372 g/mol. The average Bonchev–Trinajstić information content (AvgIpc) is 2.99. The molecule has 6 heteroatoms. The molecule has 0 saturated carbocycles. The molecule has 0 atom stereocenters. The van der Waals surface area contributed by atoms with Gasteiger partial charge in [-0.05, 0) is 60.7 Å². The van der Waals surface area contributed by atoms with Crippen molar-refractivity contribution in [2.75, 3.05) is 17.3 Å². The van der Waals surface area contributed by atoms with Gasteiger partial charge in [-0.25, -0.2) is 4.90 Å². The van der Waals surface area contributed by atoms with Crippen LogP contribution < -0.4 is 15.0 Å². The molecule has 3 aromatic rings. The van der Waals surface area contributed by atoms with E-state index >= 15 is 0 Å². The van der Waals surface area contributed by atoms with Crippen molar-refractivity contribution < 1.29 is 19.1 Å². The minimum absolute atomic E-state index is 0.236. The molecule has 1 heterocycles. The lowest BCUT2D eigenvalue weighted by atomic mass is 10.1. The van der Waals surface area contributed by atoms with Crippen molar-refractivity contribution in [1.29, 1.82) is 0 Å². The van der Waals surface area contributed by atoms with Gasteiger partial charge in [0.2, 0.25) is 0 Å². The Bertz CT molecular complexity index is 1070. The Morgan fingerprint density at radius 3 is 2.04 bits per heavy atom. The first kappa shape index (κ1) is 17.5. The van der Waals surface area contributed by atoms with Crippen LogP contribution in [0.15, 0.2) is 66.7 Å². The van der Waals surface area contributed by atoms with Crippen LogP contribution >= 0.6 is 0 Å². The van der Waals surface area contributed by atoms with Crippen LogP contribution in [-0.2, 0) is 0 Å². The zero-order valence-electron chi connectivity index (χ0n) is 15.0. The SMILES string of the molecule is CNc1ccc(Oc2ccc(N3C(=O)c4ccc(C=O)cc4C3=O)cc2)cc1. The van der Waals surface area contributed by atoms with Gasteiger partial charge >= 0.3 is 0 Å². The smallest absolute Gasteiger partial charge is 0.266 e. The highest BCUT2D eigenvalue weighted by Gasteiger charge is 2.36. The van der Waals surface area contributed by atoms with Crippen molar-refractivity contribution in [1.82, 2.24) is 0 Å². The van der Waals surface area contributed by atoms with Gasteiger partial charge in [0.25, 0.3) is 11.8 Å². The summed E-state index contributed by atoms with van der Waals surface area (Å²) in [5.41, 5.74) is 2.30. The summed E-state index contributed by atoms with van der Waals surface area (Å²) in [4.78, 5) is 37.3. The van der Waals surface area contributed by atoms with Gasteiger partial charge in [0.1, 0.15) is 17.8 Å². The fourth-order valence-corrected chi connectivity index (χ4v) is 3.06. The molecule has 0 bridgehead atoms. The first-order valence-electron chi connectivity index (χ1n) is 8.64. The molecule has 3 aromatic carbocycles. The van der Waals surface area contributed by atoms with Crippen molar-refractivity contribution in [2.24, 2.45) is 0 Å². The van der Waals surface area contributed by atoms with Crippen LogP contribution in [0.2, 0.25) is 0 Å². The van der Waals surface area contributed by atoms with E-state index in [9.17, 15) is 14.4 Å². The van der Waals surface area contributed by atoms with Gasteiger partial charge in [0, 0.05) is 18.3 Å². The largest absolute Gasteiger partial charge is 0.457 e. The third-order valence-corrected chi connectivity index (χ3v) is 4.52. The van der Waals surface area contributed by atoms with Crippen LogP contribution in [0.5, 0.6) is 11.5 Å². The fraction of sp³-hybridized carbons (Fsp3) is 0.0455. The Kier molecular flexibility index (Phi) is 4.37. The Morgan fingerprint density at radius 1 is 0.821 bits per heavy atom.